The lowest BCUT2D eigenvalue weighted by Gasteiger charge is -2.12. The SMILES string of the molecule is C#CCCCC(NC)c1ccc(CC)o1. The van der Waals surface area contributed by atoms with Crippen LogP contribution in [0.5, 0.6) is 0 Å². The third kappa shape index (κ3) is 3.45. The van der Waals surface area contributed by atoms with Crippen molar-refractivity contribution in [2.75, 3.05) is 7.05 Å². The molecule has 0 aliphatic rings. The molecule has 0 aromatic carbocycles. The van der Waals surface area contributed by atoms with Gasteiger partial charge in [-0.3, -0.25) is 0 Å². The Hall–Kier alpha value is -1.20. The van der Waals surface area contributed by atoms with Crippen molar-refractivity contribution in [1.82, 2.24) is 5.32 Å². The highest BCUT2D eigenvalue weighted by molar-refractivity contribution is 5.10. The van der Waals surface area contributed by atoms with Crippen molar-refractivity contribution in [3.8, 4) is 12.3 Å². The van der Waals surface area contributed by atoms with E-state index in [4.69, 9.17) is 10.8 Å². The number of furan rings is 1. The number of rotatable bonds is 6. The Morgan fingerprint density at radius 3 is 2.87 bits per heavy atom. The average Bonchev–Trinajstić information content (AvgIpc) is 2.73. The maximum atomic E-state index is 5.70. The molecule has 1 heterocycles. The van der Waals surface area contributed by atoms with Crippen LogP contribution >= 0.6 is 0 Å². The van der Waals surface area contributed by atoms with Crippen molar-refractivity contribution in [2.24, 2.45) is 0 Å². The zero-order valence-electron chi connectivity index (χ0n) is 9.55. The van der Waals surface area contributed by atoms with Gasteiger partial charge in [0.05, 0.1) is 6.04 Å². The average molecular weight is 205 g/mol. The highest BCUT2D eigenvalue weighted by atomic mass is 16.3. The summed E-state index contributed by atoms with van der Waals surface area (Å²) in [6, 6.07) is 4.38. The lowest BCUT2D eigenvalue weighted by molar-refractivity contribution is 0.391. The van der Waals surface area contributed by atoms with Crippen molar-refractivity contribution in [2.45, 2.75) is 38.6 Å². The molecule has 0 aliphatic heterocycles. The Balaban J connectivity index is 2.54. The Morgan fingerprint density at radius 1 is 1.53 bits per heavy atom. The summed E-state index contributed by atoms with van der Waals surface area (Å²) in [5.74, 6) is 4.72. The maximum absolute atomic E-state index is 5.70. The van der Waals surface area contributed by atoms with Crippen LogP contribution in [0.25, 0.3) is 0 Å². The van der Waals surface area contributed by atoms with Gasteiger partial charge in [0.15, 0.2) is 0 Å². The molecule has 0 radical (unpaired) electrons. The van der Waals surface area contributed by atoms with E-state index < -0.39 is 0 Å². The predicted octanol–water partition coefficient (Wildman–Crippen LogP) is 2.91. The zero-order chi connectivity index (χ0) is 11.1. The standard InChI is InChI=1S/C13H19NO/c1-4-6-7-8-12(14-3)13-10-9-11(5-2)15-13/h1,9-10,12,14H,5-8H2,2-3H3. The van der Waals surface area contributed by atoms with Crippen LogP contribution in [-0.2, 0) is 6.42 Å². The number of hydrogen-bond donors (Lipinski definition) is 1. The molecule has 1 unspecified atom stereocenters. The topological polar surface area (TPSA) is 25.2 Å². The summed E-state index contributed by atoms with van der Waals surface area (Å²) in [6.45, 7) is 2.09. The number of aryl methyl sites for hydroxylation is 1. The van der Waals surface area contributed by atoms with Crippen molar-refractivity contribution in [3.63, 3.8) is 0 Å². The molecule has 82 valence electrons. The first-order valence-corrected chi connectivity index (χ1v) is 5.51. The molecule has 0 aliphatic carbocycles. The van der Waals surface area contributed by atoms with Crippen molar-refractivity contribution >= 4 is 0 Å². The fraction of sp³-hybridized carbons (Fsp3) is 0.538. The molecule has 1 rings (SSSR count). The minimum atomic E-state index is 0.290. The van der Waals surface area contributed by atoms with E-state index in [9.17, 15) is 0 Å². The monoisotopic (exact) mass is 205 g/mol. The molecule has 0 bridgehead atoms. The molecule has 2 heteroatoms. The molecule has 0 fully saturated rings. The van der Waals surface area contributed by atoms with E-state index in [0.29, 0.717) is 6.04 Å². The highest BCUT2D eigenvalue weighted by Gasteiger charge is 2.12. The first-order valence-electron chi connectivity index (χ1n) is 5.51. The van der Waals surface area contributed by atoms with E-state index in [1.54, 1.807) is 0 Å². The lowest BCUT2D eigenvalue weighted by Crippen LogP contribution is -2.15. The van der Waals surface area contributed by atoms with Crippen LogP contribution < -0.4 is 5.32 Å². The molecule has 1 aromatic rings. The number of nitrogens with one attached hydrogen (secondary N) is 1. The second kappa shape index (κ2) is 6.31. The molecule has 0 amide bonds. The second-order valence-corrected chi connectivity index (χ2v) is 3.60. The Bertz CT molecular complexity index is 322. The van der Waals surface area contributed by atoms with Gasteiger partial charge in [-0.05, 0) is 32.0 Å². The van der Waals surface area contributed by atoms with Crippen molar-refractivity contribution in [1.29, 1.82) is 0 Å². The fourth-order valence-electron chi connectivity index (χ4n) is 1.61. The zero-order valence-corrected chi connectivity index (χ0v) is 9.55. The minimum Gasteiger partial charge on any atom is -0.464 e. The maximum Gasteiger partial charge on any atom is 0.121 e. The summed E-state index contributed by atoms with van der Waals surface area (Å²) >= 11 is 0. The molecule has 2 nitrogen and oxygen atoms in total. The van der Waals surface area contributed by atoms with Gasteiger partial charge in [-0.2, -0.15) is 0 Å². The molecule has 0 spiro atoms. The number of unbranched alkanes of at least 4 members (excludes halogenated alkanes) is 1. The van der Waals surface area contributed by atoms with Gasteiger partial charge in [0.1, 0.15) is 11.5 Å². The summed E-state index contributed by atoms with van der Waals surface area (Å²) in [5.41, 5.74) is 0. The number of terminal acetylenes is 1. The molecule has 1 N–H and O–H groups in total. The summed E-state index contributed by atoms with van der Waals surface area (Å²) in [4.78, 5) is 0. The summed E-state index contributed by atoms with van der Waals surface area (Å²) < 4.78 is 5.70. The summed E-state index contributed by atoms with van der Waals surface area (Å²) in [6.07, 6.45) is 9.06. The van der Waals surface area contributed by atoms with Gasteiger partial charge in [-0.25, -0.2) is 0 Å². The lowest BCUT2D eigenvalue weighted by atomic mass is 10.1. The molecule has 1 aromatic heterocycles. The van der Waals surface area contributed by atoms with Crippen molar-refractivity contribution in [3.05, 3.63) is 23.7 Å². The van der Waals surface area contributed by atoms with Gasteiger partial charge < -0.3 is 9.73 Å². The van der Waals surface area contributed by atoms with Crippen LogP contribution in [0, 0.1) is 12.3 Å². The largest absolute Gasteiger partial charge is 0.464 e. The third-order valence-electron chi connectivity index (χ3n) is 2.54. The van der Waals surface area contributed by atoms with Crippen molar-refractivity contribution < 1.29 is 4.42 Å². The van der Waals surface area contributed by atoms with Gasteiger partial charge in [-0.15, -0.1) is 12.3 Å². The first kappa shape index (κ1) is 11.9. The fourth-order valence-corrected chi connectivity index (χ4v) is 1.61. The molecule has 15 heavy (non-hydrogen) atoms. The quantitative estimate of drug-likeness (QED) is 0.570. The van der Waals surface area contributed by atoms with E-state index in [1.165, 1.54) is 0 Å². The smallest absolute Gasteiger partial charge is 0.121 e. The third-order valence-corrected chi connectivity index (χ3v) is 2.54. The Kier molecular flexibility index (Phi) is 5.00. The van der Waals surface area contributed by atoms with Crippen LogP contribution in [0.2, 0.25) is 0 Å². The Labute approximate surface area is 92.1 Å². The summed E-state index contributed by atoms with van der Waals surface area (Å²) in [7, 11) is 1.95. The van der Waals surface area contributed by atoms with E-state index in [0.717, 1.165) is 37.2 Å². The first-order chi connectivity index (χ1) is 7.31. The molecular weight excluding hydrogens is 186 g/mol. The van der Waals surface area contributed by atoms with Crippen LogP contribution in [0.3, 0.4) is 0 Å². The summed E-state index contributed by atoms with van der Waals surface area (Å²) in [5, 5.41) is 3.25. The van der Waals surface area contributed by atoms with Gasteiger partial charge in [0.25, 0.3) is 0 Å². The molecule has 1 atom stereocenters. The predicted molar refractivity (Wildman–Crippen MR) is 62.6 cm³/mol. The molecule has 0 saturated heterocycles. The van der Waals surface area contributed by atoms with E-state index in [-0.39, 0.29) is 0 Å². The van der Waals surface area contributed by atoms with Gasteiger partial charge in [-0.1, -0.05) is 6.92 Å². The van der Waals surface area contributed by atoms with Crippen LogP contribution in [0.15, 0.2) is 16.5 Å². The highest BCUT2D eigenvalue weighted by Crippen LogP contribution is 2.21. The van der Waals surface area contributed by atoms with E-state index in [1.807, 2.05) is 13.1 Å². The van der Waals surface area contributed by atoms with Crippen LogP contribution in [-0.4, -0.2) is 7.05 Å². The van der Waals surface area contributed by atoms with Crippen LogP contribution in [0.1, 0.15) is 43.7 Å². The van der Waals surface area contributed by atoms with Gasteiger partial charge >= 0.3 is 0 Å². The molecule has 0 saturated carbocycles. The second-order valence-electron chi connectivity index (χ2n) is 3.60. The van der Waals surface area contributed by atoms with Crippen LogP contribution in [0.4, 0.5) is 0 Å². The number of hydrogen-bond acceptors (Lipinski definition) is 2. The normalized spacial score (nSPS) is 12.3. The minimum absolute atomic E-state index is 0.290. The Morgan fingerprint density at radius 2 is 2.33 bits per heavy atom. The van der Waals surface area contributed by atoms with E-state index in [2.05, 4.69) is 24.2 Å². The van der Waals surface area contributed by atoms with E-state index >= 15 is 0 Å². The van der Waals surface area contributed by atoms with Gasteiger partial charge in [0.2, 0.25) is 0 Å². The molecular formula is C13H19NO. The van der Waals surface area contributed by atoms with Gasteiger partial charge in [0, 0.05) is 12.8 Å².